The molecule has 0 radical (unpaired) electrons. The lowest BCUT2D eigenvalue weighted by molar-refractivity contribution is 0.281. The van der Waals surface area contributed by atoms with Gasteiger partial charge in [0.2, 0.25) is 0 Å². The third-order valence-electron chi connectivity index (χ3n) is 3.23. The summed E-state index contributed by atoms with van der Waals surface area (Å²) in [6.45, 7) is 5.44. The normalized spacial score (nSPS) is 11.6. The van der Waals surface area contributed by atoms with Gasteiger partial charge in [-0.2, -0.15) is 0 Å². The average Bonchev–Trinajstić information content (AvgIpc) is 2.75. The molecule has 7 heteroatoms. The molecule has 2 rings (SSSR count). The Balaban J connectivity index is 2.43. The van der Waals surface area contributed by atoms with Crippen LogP contribution in [0.3, 0.4) is 0 Å². The maximum absolute atomic E-state index is 12.5. The topological polar surface area (TPSA) is 79.3 Å². The third kappa shape index (κ3) is 3.42. The van der Waals surface area contributed by atoms with Gasteiger partial charge < -0.3 is 5.11 Å². The summed E-state index contributed by atoms with van der Waals surface area (Å²) < 4.78 is 27.6. The van der Waals surface area contributed by atoms with Gasteiger partial charge in [0, 0.05) is 4.88 Å². The second-order valence-corrected chi connectivity index (χ2v) is 7.57. The van der Waals surface area contributed by atoms with Crippen LogP contribution >= 0.6 is 11.3 Å². The Morgan fingerprint density at radius 2 is 2.05 bits per heavy atom. The standard InChI is InChI=1S/C14H18N2O3S2/c1-4-12-6-5-11(8-17)7-13(12)21(18,19)16-14-15-9(2)10(3)20-14/h5-7,17H,4,8H2,1-3H3,(H,15,16). The molecule has 0 aliphatic rings. The minimum absolute atomic E-state index is 0.192. The smallest absolute Gasteiger partial charge is 0.263 e. The van der Waals surface area contributed by atoms with Crippen molar-refractivity contribution in [2.75, 3.05) is 4.72 Å². The van der Waals surface area contributed by atoms with Crippen molar-refractivity contribution in [3.8, 4) is 0 Å². The fourth-order valence-electron chi connectivity index (χ4n) is 1.93. The molecule has 5 nitrogen and oxygen atoms in total. The lowest BCUT2D eigenvalue weighted by Crippen LogP contribution is -2.15. The molecule has 0 atom stereocenters. The summed E-state index contributed by atoms with van der Waals surface area (Å²) in [7, 11) is -3.71. The highest BCUT2D eigenvalue weighted by Gasteiger charge is 2.20. The van der Waals surface area contributed by atoms with E-state index in [0.29, 0.717) is 22.7 Å². The number of nitrogens with one attached hydrogen (secondary N) is 1. The highest BCUT2D eigenvalue weighted by molar-refractivity contribution is 7.93. The number of aryl methyl sites for hydroxylation is 3. The molecule has 1 aromatic heterocycles. The molecule has 0 saturated heterocycles. The first kappa shape index (κ1) is 15.9. The summed E-state index contributed by atoms with van der Waals surface area (Å²) in [6.07, 6.45) is 0.595. The molecule has 0 amide bonds. The summed E-state index contributed by atoms with van der Waals surface area (Å²) in [4.78, 5) is 5.37. The van der Waals surface area contributed by atoms with Crippen molar-refractivity contribution >= 4 is 26.5 Å². The van der Waals surface area contributed by atoms with Crippen molar-refractivity contribution in [3.63, 3.8) is 0 Å². The number of benzene rings is 1. The zero-order valence-electron chi connectivity index (χ0n) is 12.2. The number of aliphatic hydroxyl groups excluding tert-OH is 1. The molecule has 0 aliphatic carbocycles. The first-order chi connectivity index (χ1) is 9.87. The van der Waals surface area contributed by atoms with Crippen LogP contribution in [0.2, 0.25) is 0 Å². The number of thiazole rings is 1. The van der Waals surface area contributed by atoms with Gasteiger partial charge in [-0.05, 0) is 37.5 Å². The highest BCUT2D eigenvalue weighted by Crippen LogP contribution is 2.26. The van der Waals surface area contributed by atoms with Gasteiger partial charge >= 0.3 is 0 Å². The highest BCUT2D eigenvalue weighted by atomic mass is 32.2. The molecule has 2 N–H and O–H groups in total. The molecule has 0 saturated carbocycles. The Labute approximate surface area is 128 Å². The fraction of sp³-hybridized carbons (Fsp3) is 0.357. The average molecular weight is 326 g/mol. The number of hydrogen-bond acceptors (Lipinski definition) is 5. The summed E-state index contributed by atoms with van der Waals surface area (Å²) in [5, 5.41) is 9.56. The van der Waals surface area contributed by atoms with Crippen LogP contribution in [0.5, 0.6) is 0 Å². The number of aromatic nitrogens is 1. The van der Waals surface area contributed by atoms with Crippen molar-refractivity contribution in [3.05, 3.63) is 39.9 Å². The van der Waals surface area contributed by atoms with E-state index in [2.05, 4.69) is 9.71 Å². The van der Waals surface area contributed by atoms with E-state index in [4.69, 9.17) is 0 Å². The van der Waals surface area contributed by atoms with Gasteiger partial charge in [-0.1, -0.05) is 19.1 Å². The van der Waals surface area contributed by atoms with Crippen LogP contribution < -0.4 is 4.72 Å². The van der Waals surface area contributed by atoms with Gasteiger partial charge in [-0.15, -0.1) is 11.3 Å². The molecule has 0 bridgehead atoms. The molecular formula is C14H18N2O3S2. The van der Waals surface area contributed by atoms with Crippen LogP contribution in [0.15, 0.2) is 23.1 Å². The minimum atomic E-state index is -3.71. The van der Waals surface area contributed by atoms with Gasteiger partial charge in [-0.25, -0.2) is 13.4 Å². The summed E-state index contributed by atoms with van der Waals surface area (Å²) in [6, 6.07) is 4.97. The van der Waals surface area contributed by atoms with Crippen LogP contribution in [0.4, 0.5) is 5.13 Å². The van der Waals surface area contributed by atoms with Crippen LogP contribution in [-0.4, -0.2) is 18.5 Å². The first-order valence-corrected chi connectivity index (χ1v) is 8.87. The van der Waals surface area contributed by atoms with Crippen LogP contribution in [0.1, 0.15) is 28.6 Å². The lowest BCUT2D eigenvalue weighted by Gasteiger charge is -2.11. The predicted octanol–water partition coefficient (Wildman–Crippen LogP) is 2.62. The van der Waals surface area contributed by atoms with Crippen LogP contribution in [-0.2, 0) is 23.1 Å². The van der Waals surface area contributed by atoms with E-state index in [9.17, 15) is 13.5 Å². The minimum Gasteiger partial charge on any atom is -0.392 e. The molecule has 1 aromatic carbocycles. The Hall–Kier alpha value is -1.44. The molecule has 0 spiro atoms. The molecule has 1 heterocycles. The molecule has 0 fully saturated rings. The van der Waals surface area contributed by atoms with E-state index in [1.54, 1.807) is 12.1 Å². The van der Waals surface area contributed by atoms with Gasteiger partial charge in [-0.3, -0.25) is 4.72 Å². The van der Waals surface area contributed by atoms with Crippen molar-refractivity contribution in [2.24, 2.45) is 0 Å². The maximum atomic E-state index is 12.5. The molecule has 114 valence electrons. The van der Waals surface area contributed by atoms with Gasteiger partial charge in [0.05, 0.1) is 17.2 Å². The Morgan fingerprint density at radius 3 is 2.57 bits per heavy atom. The van der Waals surface area contributed by atoms with Crippen molar-refractivity contribution in [1.29, 1.82) is 0 Å². The second kappa shape index (κ2) is 6.13. The second-order valence-electron chi connectivity index (χ2n) is 4.72. The number of nitrogens with zero attached hydrogens (tertiary/aromatic N) is 1. The van der Waals surface area contributed by atoms with E-state index in [0.717, 1.165) is 10.6 Å². The van der Waals surface area contributed by atoms with E-state index >= 15 is 0 Å². The van der Waals surface area contributed by atoms with E-state index < -0.39 is 10.0 Å². The van der Waals surface area contributed by atoms with Crippen LogP contribution in [0, 0.1) is 13.8 Å². The Kier molecular flexibility index (Phi) is 4.65. The first-order valence-electron chi connectivity index (χ1n) is 6.57. The number of anilines is 1. The quantitative estimate of drug-likeness (QED) is 0.885. The molecule has 0 unspecified atom stereocenters. The van der Waals surface area contributed by atoms with Gasteiger partial charge in [0.25, 0.3) is 10.0 Å². The maximum Gasteiger partial charge on any atom is 0.263 e. The molecule has 0 aliphatic heterocycles. The summed E-state index contributed by atoms with van der Waals surface area (Å²) in [5.74, 6) is 0. The fourth-order valence-corrected chi connectivity index (χ4v) is 4.34. The lowest BCUT2D eigenvalue weighted by atomic mass is 10.1. The van der Waals surface area contributed by atoms with E-state index in [1.165, 1.54) is 17.4 Å². The number of aliphatic hydroxyl groups is 1. The zero-order valence-corrected chi connectivity index (χ0v) is 13.8. The Bertz CT molecular complexity index is 732. The SMILES string of the molecule is CCc1ccc(CO)cc1S(=O)(=O)Nc1nc(C)c(C)s1. The van der Waals surface area contributed by atoms with Crippen molar-refractivity contribution < 1.29 is 13.5 Å². The monoisotopic (exact) mass is 326 g/mol. The van der Waals surface area contributed by atoms with Gasteiger partial charge in [0.15, 0.2) is 5.13 Å². The molecule has 21 heavy (non-hydrogen) atoms. The molecule has 2 aromatic rings. The van der Waals surface area contributed by atoms with Gasteiger partial charge in [0.1, 0.15) is 0 Å². The Morgan fingerprint density at radius 1 is 1.33 bits per heavy atom. The summed E-state index contributed by atoms with van der Waals surface area (Å²) >= 11 is 1.31. The summed E-state index contributed by atoms with van der Waals surface area (Å²) in [5.41, 5.74) is 2.10. The van der Waals surface area contributed by atoms with Crippen LogP contribution in [0.25, 0.3) is 0 Å². The predicted molar refractivity (Wildman–Crippen MR) is 84.1 cm³/mol. The zero-order chi connectivity index (χ0) is 15.6. The van der Waals surface area contributed by atoms with Crippen molar-refractivity contribution in [2.45, 2.75) is 38.7 Å². The largest absolute Gasteiger partial charge is 0.392 e. The number of hydrogen-bond donors (Lipinski definition) is 2. The van der Waals surface area contributed by atoms with E-state index in [-0.39, 0.29) is 11.5 Å². The number of sulfonamides is 1. The third-order valence-corrected chi connectivity index (χ3v) is 5.77. The van der Waals surface area contributed by atoms with Crippen molar-refractivity contribution in [1.82, 2.24) is 4.98 Å². The number of rotatable bonds is 5. The van der Waals surface area contributed by atoms with E-state index in [1.807, 2.05) is 20.8 Å². The molecular weight excluding hydrogens is 308 g/mol.